The molecular formula is C61H39NS. The summed E-state index contributed by atoms with van der Waals surface area (Å²) in [6.45, 7) is 0. The van der Waals surface area contributed by atoms with E-state index in [2.05, 4.69) is 241 Å². The molecule has 0 unspecified atom stereocenters. The molecule has 0 radical (unpaired) electrons. The smallest absolute Gasteiger partial charge is 0.0725 e. The molecule has 2 aliphatic carbocycles. The van der Waals surface area contributed by atoms with Gasteiger partial charge < -0.3 is 4.90 Å². The van der Waals surface area contributed by atoms with Gasteiger partial charge in [-0.05, 0) is 109 Å². The highest BCUT2D eigenvalue weighted by Gasteiger charge is 2.51. The predicted molar refractivity (Wildman–Crippen MR) is 267 cm³/mol. The lowest BCUT2D eigenvalue weighted by Crippen LogP contribution is -2.25. The van der Waals surface area contributed by atoms with Gasteiger partial charge >= 0.3 is 0 Å². The van der Waals surface area contributed by atoms with Gasteiger partial charge in [-0.2, -0.15) is 0 Å². The van der Waals surface area contributed by atoms with E-state index in [0.29, 0.717) is 0 Å². The zero-order chi connectivity index (χ0) is 41.5. The zero-order valence-corrected chi connectivity index (χ0v) is 35.2. The molecule has 1 heterocycles. The predicted octanol–water partition coefficient (Wildman–Crippen LogP) is 16.9. The van der Waals surface area contributed by atoms with Crippen LogP contribution < -0.4 is 4.90 Å². The van der Waals surface area contributed by atoms with E-state index in [0.717, 1.165) is 17.1 Å². The summed E-state index contributed by atoms with van der Waals surface area (Å²) in [5, 5.41) is 2.55. The first-order valence-corrected chi connectivity index (χ1v) is 22.6. The van der Waals surface area contributed by atoms with Gasteiger partial charge in [-0.15, -0.1) is 11.3 Å². The number of thiophene rings is 1. The van der Waals surface area contributed by atoms with Crippen LogP contribution >= 0.6 is 11.3 Å². The Morgan fingerprint density at radius 1 is 0.302 bits per heavy atom. The summed E-state index contributed by atoms with van der Waals surface area (Å²) in [5.74, 6) is 0. The van der Waals surface area contributed by atoms with Crippen molar-refractivity contribution in [2.45, 2.75) is 5.41 Å². The van der Waals surface area contributed by atoms with Crippen LogP contribution in [0.2, 0.25) is 0 Å². The van der Waals surface area contributed by atoms with E-state index in [1.807, 2.05) is 11.3 Å². The first-order chi connectivity index (χ1) is 31.3. The average Bonchev–Trinajstić information content (AvgIpc) is 3.99. The Morgan fingerprint density at radius 3 is 1.44 bits per heavy atom. The van der Waals surface area contributed by atoms with Gasteiger partial charge in [-0.25, -0.2) is 0 Å². The first-order valence-electron chi connectivity index (χ1n) is 21.8. The van der Waals surface area contributed by atoms with E-state index in [9.17, 15) is 0 Å². The SMILES string of the molecule is c1ccc(-c2ccccc2-c2ccccc2-c2ccccc2N(c2ccc3c(c2)-c2ccccc2C32c3ccccc3-c3ccccc32)c2cccc3sc4ccccc4c23)cc1. The van der Waals surface area contributed by atoms with E-state index in [1.165, 1.54) is 98.1 Å². The average molecular weight is 818 g/mol. The van der Waals surface area contributed by atoms with Crippen LogP contribution in [-0.2, 0) is 5.41 Å². The lowest BCUT2D eigenvalue weighted by Gasteiger charge is -2.32. The van der Waals surface area contributed by atoms with Crippen molar-refractivity contribution in [1.82, 2.24) is 0 Å². The van der Waals surface area contributed by atoms with Gasteiger partial charge in [0.2, 0.25) is 0 Å². The standard InChI is InChI=1S/C61H39NS/c1-2-19-40(20-3-1)42-21-4-5-22-43(42)44-23-6-7-24-45(44)49-28-11-16-33-56(49)62(57-34-18-36-59-60(57)50-29-12-17-35-58(50)63-59)41-37-38-55-51(39-41)48-27-10-15-32-54(48)61(55)52-30-13-8-25-46(52)47-26-9-14-31-53(47)61/h1-39H. The first kappa shape index (κ1) is 35.9. The van der Waals surface area contributed by atoms with Crippen LogP contribution in [0.3, 0.4) is 0 Å². The third-order valence-corrected chi connectivity index (χ3v) is 14.7. The van der Waals surface area contributed by atoms with Crippen LogP contribution in [0.5, 0.6) is 0 Å². The Kier molecular flexibility index (Phi) is 8.06. The lowest BCUT2D eigenvalue weighted by molar-refractivity contribution is 0.794. The fourth-order valence-electron chi connectivity index (χ4n) is 11.0. The van der Waals surface area contributed by atoms with Crippen molar-refractivity contribution in [3.8, 4) is 55.6 Å². The minimum atomic E-state index is -0.408. The normalized spacial score (nSPS) is 12.9. The summed E-state index contributed by atoms with van der Waals surface area (Å²) in [7, 11) is 0. The largest absolute Gasteiger partial charge is 0.309 e. The second kappa shape index (κ2) is 14.1. The highest BCUT2D eigenvalue weighted by molar-refractivity contribution is 7.26. The van der Waals surface area contributed by atoms with Gasteiger partial charge in [0, 0.05) is 31.4 Å². The molecule has 0 saturated carbocycles. The molecule has 0 atom stereocenters. The number of para-hydroxylation sites is 1. The summed E-state index contributed by atoms with van der Waals surface area (Å²) < 4.78 is 2.57. The molecule has 11 aromatic rings. The molecule has 0 aliphatic heterocycles. The molecule has 13 rings (SSSR count). The summed E-state index contributed by atoms with van der Waals surface area (Å²) >= 11 is 1.87. The fraction of sp³-hybridized carbons (Fsp3) is 0.0164. The number of fused-ring (bicyclic) bond motifs is 13. The van der Waals surface area contributed by atoms with Crippen molar-refractivity contribution in [2.75, 3.05) is 4.90 Å². The molecule has 1 spiro atoms. The lowest BCUT2D eigenvalue weighted by atomic mass is 9.70. The highest BCUT2D eigenvalue weighted by atomic mass is 32.1. The van der Waals surface area contributed by atoms with Crippen molar-refractivity contribution in [1.29, 1.82) is 0 Å². The molecule has 2 aliphatic rings. The number of hydrogen-bond donors (Lipinski definition) is 0. The van der Waals surface area contributed by atoms with Crippen molar-refractivity contribution in [3.05, 3.63) is 259 Å². The molecule has 0 saturated heterocycles. The van der Waals surface area contributed by atoms with Gasteiger partial charge in [0.1, 0.15) is 0 Å². The maximum Gasteiger partial charge on any atom is 0.0725 e. The van der Waals surface area contributed by atoms with Gasteiger partial charge in [0.15, 0.2) is 0 Å². The summed E-state index contributed by atoms with van der Waals surface area (Å²) in [6.07, 6.45) is 0. The second-order valence-corrected chi connectivity index (χ2v) is 17.8. The summed E-state index contributed by atoms with van der Waals surface area (Å²) in [4.78, 5) is 2.54. The van der Waals surface area contributed by atoms with Crippen molar-refractivity contribution in [2.24, 2.45) is 0 Å². The molecular weight excluding hydrogens is 779 g/mol. The van der Waals surface area contributed by atoms with Gasteiger partial charge in [-0.3, -0.25) is 0 Å². The van der Waals surface area contributed by atoms with Crippen LogP contribution in [-0.4, -0.2) is 0 Å². The number of anilines is 3. The van der Waals surface area contributed by atoms with E-state index in [4.69, 9.17) is 0 Å². The molecule has 0 bridgehead atoms. The van der Waals surface area contributed by atoms with Gasteiger partial charge in [0.25, 0.3) is 0 Å². The Hall–Kier alpha value is -7.78. The molecule has 0 amide bonds. The summed E-state index contributed by atoms with van der Waals surface area (Å²) in [6, 6.07) is 87.8. The monoisotopic (exact) mass is 817 g/mol. The minimum Gasteiger partial charge on any atom is -0.309 e. The second-order valence-electron chi connectivity index (χ2n) is 16.7. The van der Waals surface area contributed by atoms with Crippen LogP contribution in [0.1, 0.15) is 22.3 Å². The summed E-state index contributed by atoms with van der Waals surface area (Å²) in [5.41, 5.74) is 20.8. The topological polar surface area (TPSA) is 3.24 Å². The number of benzene rings is 10. The molecule has 63 heavy (non-hydrogen) atoms. The van der Waals surface area contributed by atoms with Crippen LogP contribution in [0.15, 0.2) is 237 Å². The van der Waals surface area contributed by atoms with E-state index in [-0.39, 0.29) is 0 Å². The molecule has 0 N–H and O–H groups in total. The zero-order valence-electron chi connectivity index (χ0n) is 34.4. The Balaban J connectivity index is 1.08. The highest BCUT2D eigenvalue weighted by Crippen LogP contribution is 2.63. The van der Waals surface area contributed by atoms with Crippen LogP contribution in [0, 0.1) is 0 Å². The van der Waals surface area contributed by atoms with Crippen LogP contribution in [0.25, 0.3) is 75.8 Å². The van der Waals surface area contributed by atoms with Crippen LogP contribution in [0.4, 0.5) is 17.1 Å². The Morgan fingerprint density at radius 2 is 0.762 bits per heavy atom. The Labute approximate surface area is 371 Å². The maximum absolute atomic E-state index is 2.54. The molecule has 10 aromatic carbocycles. The number of hydrogen-bond acceptors (Lipinski definition) is 2. The van der Waals surface area contributed by atoms with E-state index in [1.54, 1.807) is 0 Å². The molecule has 294 valence electrons. The molecule has 1 aromatic heterocycles. The number of nitrogens with zero attached hydrogens (tertiary/aromatic N) is 1. The Bertz CT molecular complexity index is 3550. The minimum absolute atomic E-state index is 0.408. The fourth-order valence-corrected chi connectivity index (χ4v) is 12.1. The third-order valence-electron chi connectivity index (χ3n) is 13.5. The van der Waals surface area contributed by atoms with Gasteiger partial charge in [0.05, 0.1) is 16.8 Å². The maximum atomic E-state index is 2.54. The van der Waals surface area contributed by atoms with Crippen molar-refractivity contribution >= 4 is 48.6 Å². The van der Waals surface area contributed by atoms with E-state index < -0.39 is 5.41 Å². The quantitative estimate of drug-likeness (QED) is 0.162. The molecule has 1 nitrogen and oxygen atoms in total. The number of rotatable bonds is 6. The molecule has 0 fully saturated rings. The third kappa shape index (κ3) is 5.22. The van der Waals surface area contributed by atoms with Gasteiger partial charge in [-0.1, -0.05) is 200 Å². The molecule has 2 heteroatoms. The van der Waals surface area contributed by atoms with Crippen molar-refractivity contribution in [3.63, 3.8) is 0 Å². The van der Waals surface area contributed by atoms with Crippen molar-refractivity contribution < 1.29 is 0 Å². The van der Waals surface area contributed by atoms with E-state index >= 15 is 0 Å².